The van der Waals surface area contributed by atoms with Crippen LogP contribution in [-0.2, 0) is 22.5 Å². The predicted molar refractivity (Wildman–Crippen MR) is 84.0 cm³/mol. The van der Waals surface area contributed by atoms with Crippen molar-refractivity contribution in [2.75, 3.05) is 0 Å². The molecular weight excluding hydrogens is 266 g/mol. The Labute approximate surface area is 127 Å². The van der Waals surface area contributed by atoms with Gasteiger partial charge in [0.25, 0.3) is 0 Å². The number of phenolic OH excluding ortho intramolecular Hbond substituents is 1. The topological polar surface area (TPSA) is 72.5 Å². The van der Waals surface area contributed by atoms with Crippen LogP contribution in [0.15, 0.2) is 12.1 Å². The summed E-state index contributed by atoms with van der Waals surface area (Å²) in [6.07, 6.45) is 5.79. The molecule has 0 aliphatic carbocycles. The van der Waals surface area contributed by atoms with Crippen LogP contribution in [-0.4, -0.2) is 11.1 Å². The number of aryl methyl sites for hydroxylation is 2. The molecule has 0 fully saturated rings. The van der Waals surface area contributed by atoms with Crippen molar-refractivity contribution in [2.45, 2.75) is 65.2 Å². The zero-order valence-electron chi connectivity index (χ0n) is 13.3. The number of phenols is 1. The van der Waals surface area contributed by atoms with E-state index in [1.807, 2.05) is 12.1 Å². The highest BCUT2D eigenvalue weighted by Crippen LogP contribution is 2.31. The molecular formula is C17H27NO3. The number of unbranched alkanes of at least 4 members (excludes halogenated alkanes) is 2. The van der Waals surface area contributed by atoms with Crippen LogP contribution < -0.4 is 5.90 Å². The first-order chi connectivity index (χ1) is 10.0. The third-order valence-electron chi connectivity index (χ3n) is 3.86. The van der Waals surface area contributed by atoms with E-state index in [0.717, 1.165) is 55.2 Å². The van der Waals surface area contributed by atoms with E-state index in [4.69, 9.17) is 5.90 Å². The lowest BCUT2D eigenvalue weighted by molar-refractivity contribution is -0.145. The highest BCUT2D eigenvalue weighted by atomic mass is 16.7. The maximum Gasteiger partial charge on any atom is 0.331 e. The van der Waals surface area contributed by atoms with Gasteiger partial charge in [0.2, 0.25) is 0 Å². The molecule has 1 unspecified atom stereocenters. The molecule has 0 saturated carbocycles. The van der Waals surface area contributed by atoms with Crippen LogP contribution in [0.4, 0.5) is 0 Å². The first-order valence-electron chi connectivity index (χ1n) is 7.80. The molecule has 1 atom stereocenters. The fourth-order valence-electron chi connectivity index (χ4n) is 2.39. The largest absolute Gasteiger partial charge is 0.507 e. The van der Waals surface area contributed by atoms with Gasteiger partial charge in [-0.25, -0.2) is 4.79 Å². The number of carbonyl (C=O) groups is 1. The summed E-state index contributed by atoms with van der Waals surface area (Å²) >= 11 is 0. The average molecular weight is 293 g/mol. The van der Waals surface area contributed by atoms with Crippen LogP contribution in [0.3, 0.4) is 0 Å². The molecule has 4 nitrogen and oxygen atoms in total. The molecule has 0 aromatic heterocycles. The Balaban J connectivity index is 3.14. The molecule has 0 amide bonds. The summed E-state index contributed by atoms with van der Waals surface area (Å²) in [6, 6.07) is 3.81. The van der Waals surface area contributed by atoms with E-state index in [0.29, 0.717) is 5.75 Å². The highest BCUT2D eigenvalue weighted by molar-refractivity contribution is 5.77. The van der Waals surface area contributed by atoms with Crippen LogP contribution in [0.1, 0.15) is 69.1 Å². The molecule has 0 aliphatic heterocycles. The number of rotatable bonds is 8. The average Bonchev–Trinajstić information content (AvgIpc) is 2.51. The highest BCUT2D eigenvalue weighted by Gasteiger charge is 2.19. The Morgan fingerprint density at radius 1 is 1.19 bits per heavy atom. The molecule has 21 heavy (non-hydrogen) atoms. The van der Waals surface area contributed by atoms with Crippen molar-refractivity contribution in [1.82, 2.24) is 0 Å². The molecule has 0 radical (unpaired) electrons. The van der Waals surface area contributed by atoms with Crippen molar-refractivity contribution < 1.29 is 14.7 Å². The van der Waals surface area contributed by atoms with E-state index in [-0.39, 0.29) is 0 Å². The second-order valence-electron chi connectivity index (χ2n) is 5.55. The third kappa shape index (κ3) is 4.74. The Bertz CT molecular complexity index is 442. The molecule has 0 aliphatic rings. The first-order valence-corrected chi connectivity index (χ1v) is 7.80. The number of hydrogen-bond acceptors (Lipinski definition) is 4. The van der Waals surface area contributed by atoms with Crippen molar-refractivity contribution in [3.05, 3.63) is 28.8 Å². The van der Waals surface area contributed by atoms with Gasteiger partial charge >= 0.3 is 5.97 Å². The number of benzene rings is 1. The van der Waals surface area contributed by atoms with E-state index >= 15 is 0 Å². The zero-order chi connectivity index (χ0) is 15.8. The summed E-state index contributed by atoms with van der Waals surface area (Å²) in [7, 11) is 0. The minimum absolute atomic E-state index is 0.383. The van der Waals surface area contributed by atoms with Gasteiger partial charge in [-0.1, -0.05) is 38.8 Å². The van der Waals surface area contributed by atoms with Crippen LogP contribution in [0.5, 0.6) is 5.75 Å². The fourth-order valence-corrected chi connectivity index (χ4v) is 2.39. The molecule has 1 aromatic carbocycles. The van der Waals surface area contributed by atoms with Gasteiger partial charge in [0.15, 0.2) is 0 Å². The maximum atomic E-state index is 11.6. The quantitative estimate of drug-likeness (QED) is 0.718. The SMILES string of the molecule is CCCCc1cc(C(C)C(=O)ON)cc(CCCC)c1O. The molecule has 0 heterocycles. The molecule has 0 bridgehead atoms. The first kappa shape index (κ1) is 17.5. The maximum absolute atomic E-state index is 11.6. The van der Waals surface area contributed by atoms with E-state index in [2.05, 4.69) is 18.7 Å². The summed E-state index contributed by atoms with van der Waals surface area (Å²) < 4.78 is 0. The van der Waals surface area contributed by atoms with Crippen molar-refractivity contribution in [2.24, 2.45) is 5.90 Å². The van der Waals surface area contributed by atoms with Gasteiger partial charge < -0.3 is 9.94 Å². The minimum atomic E-state index is -0.455. The number of aromatic hydroxyl groups is 1. The lowest BCUT2D eigenvalue weighted by Crippen LogP contribution is -2.17. The summed E-state index contributed by atoms with van der Waals surface area (Å²) in [5.74, 6) is 4.49. The molecule has 1 aromatic rings. The van der Waals surface area contributed by atoms with Gasteiger partial charge in [-0.15, -0.1) is 0 Å². The Hall–Kier alpha value is -1.55. The van der Waals surface area contributed by atoms with E-state index < -0.39 is 11.9 Å². The van der Waals surface area contributed by atoms with Crippen LogP contribution in [0.2, 0.25) is 0 Å². The smallest absolute Gasteiger partial charge is 0.331 e. The molecule has 3 N–H and O–H groups in total. The number of nitrogens with two attached hydrogens (primary N) is 1. The predicted octanol–water partition coefficient (Wildman–Crippen LogP) is 3.60. The van der Waals surface area contributed by atoms with Crippen LogP contribution in [0, 0.1) is 0 Å². The van der Waals surface area contributed by atoms with Gasteiger partial charge in [-0.05, 0) is 49.3 Å². The van der Waals surface area contributed by atoms with Crippen molar-refractivity contribution in [1.29, 1.82) is 0 Å². The Morgan fingerprint density at radius 2 is 1.67 bits per heavy atom. The van der Waals surface area contributed by atoms with Crippen molar-refractivity contribution in [3.8, 4) is 5.75 Å². The van der Waals surface area contributed by atoms with Crippen LogP contribution >= 0.6 is 0 Å². The summed E-state index contributed by atoms with van der Waals surface area (Å²) in [5.41, 5.74) is 2.69. The summed E-state index contributed by atoms with van der Waals surface area (Å²) in [4.78, 5) is 16.0. The van der Waals surface area contributed by atoms with Crippen LogP contribution in [0.25, 0.3) is 0 Å². The van der Waals surface area contributed by atoms with Gasteiger partial charge in [0.05, 0.1) is 5.92 Å². The zero-order valence-corrected chi connectivity index (χ0v) is 13.3. The Morgan fingerprint density at radius 3 is 2.05 bits per heavy atom. The number of hydrogen-bond donors (Lipinski definition) is 2. The van der Waals surface area contributed by atoms with Crippen molar-refractivity contribution in [3.63, 3.8) is 0 Å². The van der Waals surface area contributed by atoms with Gasteiger partial charge in [-0.3, -0.25) is 0 Å². The van der Waals surface area contributed by atoms with Gasteiger partial charge in [0.1, 0.15) is 5.75 Å². The lowest BCUT2D eigenvalue weighted by atomic mass is 9.92. The second kappa shape index (κ2) is 8.67. The Kier molecular flexibility index (Phi) is 7.23. The molecule has 1 rings (SSSR count). The lowest BCUT2D eigenvalue weighted by Gasteiger charge is -2.16. The van der Waals surface area contributed by atoms with Gasteiger partial charge in [-0.2, -0.15) is 5.90 Å². The fraction of sp³-hybridized carbons (Fsp3) is 0.588. The van der Waals surface area contributed by atoms with Gasteiger partial charge in [0, 0.05) is 0 Å². The molecule has 4 heteroatoms. The summed E-state index contributed by atoms with van der Waals surface area (Å²) in [6.45, 7) is 6.01. The number of carbonyl (C=O) groups excluding carboxylic acids is 1. The molecule has 118 valence electrons. The summed E-state index contributed by atoms with van der Waals surface area (Å²) in [5, 5.41) is 10.4. The monoisotopic (exact) mass is 293 g/mol. The van der Waals surface area contributed by atoms with E-state index in [9.17, 15) is 9.90 Å². The molecule has 0 saturated heterocycles. The van der Waals surface area contributed by atoms with Crippen molar-refractivity contribution >= 4 is 5.97 Å². The third-order valence-corrected chi connectivity index (χ3v) is 3.86. The minimum Gasteiger partial charge on any atom is -0.507 e. The normalized spacial score (nSPS) is 12.2. The molecule has 0 spiro atoms. The van der Waals surface area contributed by atoms with E-state index in [1.54, 1.807) is 6.92 Å². The second-order valence-corrected chi connectivity index (χ2v) is 5.55. The van der Waals surface area contributed by atoms with E-state index in [1.165, 1.54) is 0 Å². The standard InChI is InChI=1S/C17H27NO3/c1-4-6-8-13-10-15(12(3)17(20)21-18)11-14(16(13)19)9-7-5-2/h10-12,19H,4-9,18H2,1-3H3.